The lowest BCUT2D eigenvalue weighted by atomic mass is 10.2. The van der Waals surface area contributed by atoms with Gasteiger partial charge in [-0.05, 0) is 35.0 Å². The average Bonchev–Trinajstić information content (AvgIpc) is 2.71. The van der Waals surface area contributed by atoms with E-state index in [9.17, 15) is 5.11 Å². The quantitative estimate of drug-likeness (QED) is 0.937. The molecule has 0 aliphatic heterocycles. The van der Waals surface area contributed by atoms with Gasteiger partial charge in [-0.1, -0.05) is 12.1 Å². The van der Waals surface area contributed by atoms with Gasteiger partial charge in [-0.3, -0.25) is 0 Å². The van der Waals surface area contributed by atoms with E-state index in [0.717, 1.165) is 15.4 Å². The Balaban J connectivity index is 2.29. The summed E-state index contributed by atoms with van der Waals surface area (Å²) in [4.78, 5) is 0. The third kappa shape index (κ3) is 2.29. The molecule has 0 aliphatic rings. The van der Waals surface area contributed by atoms with Gasteiger partial charge in [-0.25, -0.2) is 0 Å². The van der Waals surface area contributed by atoms with Gasteiger partial charge in [0.15, 0.2) is 0 Å². The summed E-state index contributed by atoms with van der Waals surface area (Å²) in [5.41, 5.74) is 0.757. The van der Waals surface area contributed by atoms with Crippen LogP contribution in [0.25, 0.3) is 11.0 Å². The van der Waals surface area contributed by atoms with Gasteiger partial charge in [-0.2, -0.15) is 0 Å². The lowest BCUT2D eigenvalue weighted by Gasteiger charge is -2.06. The zero-order chi connectivity index (χ0) is 11.5. The molecule has 0 radical (unpaired) electrons. The van der Waals surface area contributed by atoms with E-state index < -0.39 is 6.10 Å². The molecule has 3 nitrogen and oxygen atoms in total. The van der Waals surface area contributed by atoms with Gasteiger partial charge >= 0.3 is 0 Å². The van der Waals surface area contributed by atoms with Crippen molar-refractivity contribution in [2.24, 2.45) is 0 Å². The molecule has 1 atom stereocenters. The molecule has 1 aromatic heterocycles. The highest BCUT2D eigenvalue weighted by atomic mass is 79.9. The minimum absolute atomic E-state index is 0.258. The van der Waals surface area contributed by atoms with Gasteiger partial charge in [0.1, 0.15) is 17.4 Å². The van der Waals surface area contributed by atoms with Gasteiger partial charge in [0.25, 0.3) is 0 Å². The lowest BCUT2D eigenvalue weighted by Crippen LogP contribution is -2.05. The molecule has 1 aromatic carbocycles. The number of aliphatic hydroxyl groups is 1. The van der Waals surface area contributed by atoms with Gasteiger partial charge < -0.3 is 14.3 Å². The van der Waals surface area contributed by atoms with Crippen LogP contribution in [0.4, 0.5) is 0 Å². The molecule has 0 saturated heterocycles. The van der Waals surface area contributed by atoms with E-state index in [2.05, 4.69) is 15.9 Å². The van der Waals surface area contributed by atoms with Gasteiger partial charge in [-0.15, -0.1) is 0 Å². The summed E-state index contributed by atoms with van der Waals surface area (Å²) in [6.07, 6.45) is -0.709. The van der Waals surface area contributed by atoms with Crippen molar-refractivity contribution in [2.75, 3.05) is 13.2 Å². The van der Waals surface area contributed by atoms with E-state index in [4.69, 9.17) is 9.15 Å². The Morgan fingerprint density at radius 2 is 2.31 bits per heavy atom. The topological polar surface area (TPSA) is 42.6 Å². The van der Waals surface area contributed by atoms with Crippen molar-refractivity contribution < 1.29 is 14.3 Å². The van der Waals surface area contributed by atoms with Crippen molar-refractivity contribution in [1.82, 2.24) is 0 Å². The highest BCUT2D eigenvalue weighted by molar-refractivity contribution is 9.10. The maximum atomic E-state index is 9.81. The largest absolute Gasteiger partial charge is 0.457 e. The second-order valence-corrected chi connectivity index (χ2v) is 4.34. The van der Waals surface area contributed by atoms with Gasteiger partial charge in [0, 0.05) is 12.0 Å². The summed E-state index contributed by atoms with van der Waals surface area (Å²) < 4.78 is 11.6. The first-order valence-corrected chi connectivity index (χ1v) is 5.95. The molecule has 0 aliphatic carbocycles. The Labute approximate surface area is 102 Å². The molecule has 2 aromatic rings. The molecule has 1 unspecified atom stereocenters. The number of benzene rings is 1. The molecule has 0 amide bonds. The number of halogens is 1. The van der Waals surface area contributed by atoms with Crippen molar-refractivity contribution in [3.8, 4) is 0 Å². The summed E-state index contributed by atoms with van der Waals surface area (Å²) in [6, 6.07) is 7.62. The van der Waals surface area contributed by atoms with E-state index in [1.54, 1.807) is 0 Å². The summed E-state index contributed by atoms with van der Waals surface area (Å²) in [7, 11) is 0. The van der Waals surface area contributed by atoms with Crippen LogP contribution in [0.15, 0.2) is 33.2 Å². The Hall–Kier alpha value is -0.840. The summed E-state index contributed by atoms with van der Waals surface area (Å²) >= 11 is 3.41. The smallest absolute Gasteiger partial charge is 0.148 e. The third-order valence-electron chi connectivity index (χ3n) is 2.32. The predicted octanol–water partition coefficient (Wildman–Crippen LogP) is 3.27. The van der Waals surface area contributed by atoms with Crippen molar-refractivity contribution in [3.05, 3.63) is 34.5 Å². The molecule has 86 valence electrons. The Morgan fingerprint density at radius 1 is 1.50 bits per heavy atom. The van der Waals surface area contributed by atoms with E-state index in [-0.39, 0.29) is 6.61 Å². The molecule has 1 heterocycles. The van der Waals surface area contributed by atoms with Gasteiger partial charge in [0.2, 0.25) is 0 Å². The van der Waals surface area contributed by atoms with Crippen LogP contribution in [0.3, 0.4) is 0 Å². The van der Waals surface area contributed by atoms with E-state index >= 15 is 0 Å². The number of hydrogen-bond donors (Lipinski definition) is 1. The van der Waals surface area contributed by atoms with Crippen LogP contribution in [0.1, 0.15) is 18.8 Å². The second kappa shape index (κ2) is 4.99. The minimum atomic E-state index is -0.709. The molecule has 2 rings (SSSR count). The van der Waals surface area contributed by atoms with Crippen molar-refractivity contribution in [2.45, 2.75) is 13.0 Å². The summed E-state index contributed by atoms with van der Waals surface area (Å²) in [6.45, 7) is 2.73. The van der Waals surface area contributed by atoms with Crippen LogP contribution in [-0.2, 0) is 4.74 Å². The first-order chi connectivity index (χ1) is 7.72. The molecule has 0 spiro atoms. The van der Waals surface area contributed by atoms with Crippen molar-refractivity contribution in [1.29, 1.82) is 0 Å². The molecule has 16 heavy (non-hydrogen) atoms. The highest BCUT2D eigenvalue weighted by Crippen LogP contribution is 2.29. The number of furan rings is 1. The Morgan fingerprint density at radius 3 is 3.00 bits per heavy atom. The normalized spacial score (nSPS) is 13.2. The number of fused-ring (bicyclic) bond motifs is 1. The molecule has 4 heteroatoms. The van der Waals surface area contributed by atoms with Crippen molar-refractivity contribution >= 4 is 26.9 Å². The number of hydrogen-bond acceptors (Lipinski definition) is 3. The predicted molar refractivity (Wildman–Crippen MR) is 65.4 cm³/mol. The highest BCUT2D eigenvalue weighted by Gasteiger charge is 2.14. The van der Waals surface area contributed by atoms with Crippen LogP contribution in [0.5, 0.6) is 0 Å². The summed E-state index contributed by atoms with van der Waals surface area (Å²) in [5, 5.41) is 10.8. The first-order valence-electron chi connectivity index (χ1n) is 5.16. The van der Waals surface area contributed by atoms with Crippen LogP contribution >= 0.6 is 15.9 Å². The zero-order valence-corrected chi connectivity index (χ0v) is 10.5. The third-order valence-corrected chi connectivity index (χ3v) is 2.95. The SMILES string of the molecule is CCOCC(O)c1cc2cccc(Br)c2o1. The second-order valence-electron chi connectivity index (χ2n) is 3.48. The van der Waals surface area contributed by atoms with Crippen LogP contribution in [0.2, 0.25) is 0 Å². The van der Waals surface area contributed by atoms with Crippen molar-refractivity contribution in [3.63, 3.8) is 0 Å². The molecule has 0 bridgehead atoms. The fraction of sp³-hybridized carbons (Fsp3) is 0.333. The average molecular weight is 285 g/mol. The number of rotatable bonds is 4. The lowest BCUT2D eigenvalue weighted by molar-refractivity contribution is 0.0312. The molecule has 0 saturated carbocycles. The van der Waals surface area contributed by atoms with Crippen LogP contribution in [0, 0.1) is 0 Å². The fourth-order valence-corrected chi connectivity index (χ4v) is 1.99. The van der Waals surface area contributed by atoms with Crippen LogP contribution in [-0.4, -0.2) is 18.3 Å². The fourth-order valence-electron chi connectivity index (χ4n) is 1.52. The zero-order valence-electron chi connectivity index (χ0n) is 8.94. The van der Waals surface area contributed by atoms with Gasteiger partial charge in [0.05, 0.1) is 11.1 Å². The standard InChI is InChI=1S/C12H13BrO3/c1-2-15-7-10(14)11-6-8-4-3-5-9(13)12(8)16-11/h3-6,10,14H,2,7H2,1H3. The number of para-hydroxylation sites is 1. The van der Waals surface area contributed by atoms with Crippen LogP contribution < -0.4 is 0 Å². The van der Waals surface area contributed by atoms with E-state index in [1.807, 2.05) is 31.2 Å². The molecular formula is C12H13BrO3. The Bertz CT molecular complexity index is 478. The molecule has 0 fully saturated rings. The minimum Gasteiger partial charge on any atom is -0.457 e. The van der Waals surface area contributed by atoms with E-state index in [1.165, 1.54) is 0 Å². The maximum absolute atomic E-state index is 9.81. The van der Waals surface area contributed by atoms with E-state index in [0.29, 0.717) is 12.4 Å². The summed E-state index contributed by atoms with van der Waals surface area (Å²) in [5.74, 6) is 0.537. The molecule has 1 N–H and O–H groups in total. The number of ether oxygens (including phenoxy) is 1. The Kier molecular flexibility index (Phi) is 3.63. The number of aliphatic hydroxyl groups excluding tert-OH is 1. The first kappa shape index (κ1) is 11.6. The monoisotopic (exact) mass is 284 g/mol. The maximum Gasteiger partial charge on any atom is 0.148 e. The molecular weight excluding hydrogens is 272 g/mol.